The van der Waals surface area contributed by atoms with E-state index in [1.165, 1.54) is 0 Å². The Hall–Kier alpha value is -0.0716. The van der Waals surface area contributed by atoms with Gasteiger partial charge in [-0.2, -0.15) is 0 Å². The fourth-order valence-corrected chi connectivity index (χ4v) is 1.47. The molecule has 47 valence electrons. The number of rotatable bonds is 2. The molecule has 1 rings (SSSR count). The Morgan fingerprint density at radius 2 is 1.89 bits per heavy atom. The van der Waals surface area contributed by atoms with Crippen molar-refractivity contribution in [2.24, 2.45) is 0 Å². The maximum atomic E-state index is 5.16. The van der Waals surface area contributed by atoms with E-state index in [1.54, 1.807) is 0 Å². The molecule has 9 heavy (non-hydrogen) atoms. The first-order valence-electron chi connectivity index (χ1n) is 2.50. The summed E-state index contributed by atoms with van der Waals surface area (Å²) in [4.78, 5) is 0. The third-order valence-electron chi connectivity index (χ3n) is 0.889. The third-order valence-corrected chi connectivity index (χ3v) is 1.93. The van der Waals surface area contributed by atoms with E-state index in [2.05, 4.69) is 10.9 Å². The van der Waals surface area contributed by atoms with Crippen LogP contribution in [0.25, 0.3) is 0 Å². The number of hydrogen-bond donors (Lipinski definition) is 1. The van der Waals surface area contributed by atoms with Crippen LogP contribution in [0.4, 0.5) is 0 Å². The van der Waals surface area contributed by atoms with E-state index < -0.39 is 0 Å². The first-order chi connectivity index (χ1) is 4.43. The molecule has 0 bridgehead atoms. The molecule has 1 nitrogen and oxygen atoms in total. The molecule has 1 radical (unpaired) electrons. The second-order valence-corrected chi connectivity index (χ2v) is 3.06. The van der Waals surface area contributed by atoms with Crippen LogP contribution in [0.1, 0.15) is 0 Å². The van der Waals surface area contributed by atoms with Crippen LogP contribution in [0.3, 0.4) is 0 Å². The van der Waals surface area contributed by atoms with E-state index in [0.717, 1.165) is 5.75 Å². The monoisotopic (exact) mass is 201 g/mol. The van der Waals surface area contributed by atoms with E-state index in [-0.39, 0.29) is 14.9 Å². The summed E-state index contributed by atoms with van der Waals surface area (Å²) in [7, 11) is 4.00. The van der Waals surface area contributed by atoms with E-state index in [0.29, 0.717) is 0 Å². The fraction of sp³-hybridized carbons (Fsp3) is 0. The minimum absolute atomic E-state index is 0.257. The molecular weight excluding hydrogens is 195 g/mol. The van der Waals surface area contributed by atoms with Crippen molar-refractivity contribution in [2.75, 3.05) is 0 Å². The van der Waals surface area contributed by atoms with Crippen LogP contribution in [0, 0.1) is 0 Å². The topological polar surface area (TPSA) is 9.23 Å². The van der Waals surface area contributed by atoms with E-state index in [9.17, 15) is 0 Å². The molecular formula is C6H6AsOS. The molecule has 1 aromatic carbocycles. The van der Waals surface area contributed by atoms with Gasteiger partial charge in [0.25, 0.3) is 0 Å². The van der Waals surface area contributed by atoms with Crippen molar-refractivity contribution in [1.29, 1.82) is 0 Å². The van der Waals surface area contributed by atoms with Crippen LogP contribution in [-0.2, 0) is 0 Å². The standard InChI is InChI=1S/C6H6AsOS/c9-7-8-6-4-2-1-3-5-6/h1-5,9H. The molecule has 0 saturated heterocycles. The SMILES string of the molecule is S[As]Oc1ccccc1. The van der Waals surface area contributed by atoms with Crippen LogP contribution < -0.4 is 3.73 Å². The van der Waals surface area contributed by atoms with Crippen LogP contribution >= 0.6 is 10.9 Å². The van der Waals surface area contributed by atoms with Crippen LogP contribution in [0.15, 0.2) is 30.3 Å². The molecule has 0 atom stereocenters. The molecule has 0 saturated carbocycles. The first kappa shape index (κ1) is 7.04. The second kappa shape index (κ2) is 3.86. The predicted octanol–water partition coefficient (Wildman–Crippen LogP) is 1.53. The average Bonchev–Trinajstić information content (AvgIpc) is 1.91. The van der Waals surface area contributed by atoms with Gasteiger partial charge in [-0.3, -0.25) is 0 Å². The first-order valence-corrected chi connectivity index (χ1v) is 6.18. The van der Waals surface area contributed by atoms with E-state index in [1.807, 2.05) is 30.3 Å². The Bertz CT molecular complexity index is 166. The van der Waals surface area contributed by atoms with Crippen LogP contribution in [0.2, 0.25) is 0 Å². The summed E-state index contributed by atoms with van der Waals surface area (Å²) in [5.41, 5.74) is 0. The summed E-state index contributed by atoms with van der Waals surface area (Å²) in [6.45, 7) is 0. The van der Waals surface area contributed by atoms with Gasteiger partial charge < -0.3 is 0 Å². The van der Waals surface area contributed by atoms with Crippen molar-refractivity contribution in [3.63, 3.8) is 0 Å². The normalized spacial score (nSPS) is 10.3. The average molecular weight is 201 g/mol. The van der Waals surface area contributed by atoms with E-state index in [4.69, 9.17) is 3.73 Å². The van der Waals surface area contributed by atoms with Gasteiger partial charge in [0.1, 0.15) is 0 Å². The van der Waals surface area contributed by atoms with E-state index >= 15 is 0 Å². The molecule has 0 fully saturated rings. The molecule has 0 spiro atoms. The Balaban J connectivity index is 2.61. The quantitative estimate of drug-likeness (QED) is 0.563. The van der Waals surface area contributed by atoms with Crippen molar-refractivity contribution in [3.8, 4) is 5.75 Å². The van der Waals surface area contributed by atoms with Crippen LogP contribution in [-0.4, -0.2) is 14.9 Å². The Morgan fingerprint density at radius 1 is 1.22 bits per heavy atom. The molecule has 0 aromatic heterocycles. The number of para-hydroxylation sites is 1. The molecule has 0 aliphatic heterocycles. The van der Waals surface area contributed by atoms with Crippen molar-refractivity contribution >= 4 is 25.8 Å². The molecule has 0 amide bonds. The molecule has 1 aromatic rings. The van der Waals surface area contributed by atoms with Gasteiger partial charge in [-0.1, -0.05) is 0 Å². The maximum absolute atomic E-state index is 5.16. The molecule has 0 aliphatic carbocycles. The zero-order valence-electron chi connectivity index (χ0n) is 4.69. The Morgan fingerprint density at radius 3 is 2.44 bits per heavy atom. The van der Waals surface area contributed by atoms with Crippen molar-refractivity contribution in [2.45, 2.75) is 0 Å². The molecule has 0 aliphatic rings. The van der Waals surface area contributed by atoms with Crippen molar-refractivity contribution < 1.29 is 3.73 Å². The molecule has 3 heteroatoms. The molecule has 0 N–H and O–H groups in total. The second-order valence-electron chi connectivity index (χ2n) is 1.49. The number of hydrogen-bond acceptors (Lipinski definition) is 2. The van der Waals surface area contributed by atoms with Gasteiger partial charge in [-0.05, 0) is 0 Å². The third kappa shape index (κ3) is 2.33. The van der Waals surface area contributed by atoms with Gasteiger partial charge in [-0.25, -0.2) is 0 Å². The summed E-state index contributed by atoms with van der Waals surface area (Å²) >= 11 is -0.257. The summed E-state index contributed by atoms with van der Waals surface area (Å²) in [5, 5.41) is 0. The minimum atomic E-state index is -0.257. The van der Waals surface area contributed by atoms with Gasteiger partial charge in [-0.15, -0.1) is 0 Å². The molecule has 0 unspecified atom stereocenters. The summed E-state index contributed by atoms with van der Waals surface area (Å²) in [5.74, 6) is 0.910. The van der Waals surface area contributed by atoms with Crippen molar-refractivity contribution in [1.82, 2.24) is 0 Å². The molecule has 0 heterocycles. The van der Waals surface area contributed by atoms with Crippen LogP contribution in [0.5, 0.6) is 5.75 Å². The summed E-state index contributed by atoms with van der Waals surface area (Å²) in [6, 6.07) is 9.69. The Labute approximate surface area is 65.9 Å². The zero-order valence-corrected chi connectivity index (χ0v) is 7.46. The van der Waals surface area contributed by atoms with Gasteiger partial charge in [0, 0.05) is 0 Å². The summed E-state index contributed by atoms with van der Waals surface area (Å²) in [6.07, 6.45) is 0. The van der Waals surface area contributed by atoms with Crippen molar-refractivity contribution in [3.05, 3.63) is 30.3 Å². The predicted molar refractivity (Wildman–Crippen MR) is 41.8 cm³/mol. The zero-order chi connectivity index (χ0) is 6.53. The fourth-order valence-electron chi connectivity index (χ4n) is 0.528. The summed E-state index contributed by atoms with van der Waals surface area (Å²) < 4.78 is 5.16. The van der Waals surface area contributed by atoms with Gasteiger partial charge in [0.05, 0.1) is 0 Å². The van der Waals surface area contributed by atoms with Gasteiger partial charge in [0.2, 0.25) is 0 Å². The number of benzene rings is 1. The van der Waals surface area contributed by atoms with Gasteiger partial charge >= 0.3 is 65.6 Å². The number of thiol groups is 1. The van der Waals surface area contributed by atoms with Gasteiger partial charge in [0.15, 0.2) is 0 Å². The Kier molecular flexibility index (Phi) is 3.02.